The van der Waals surface area contributed by atoms with Gasteiger partial charge in [-0.25, -0.2) is 4.98 Å². The van der Waals surface area contributed by atoms with Gasteiger partial charge in [0, 0.05) is 28.4 Å². The normalized spacial score (nSPS) is 12.3. The molecule has 2 heterocycles. The Hall–Kier alpha value is -6.78. The summed E-state index contributed by atoms with van der Waals surface area (Å²) in [6, 6.07) is 56.2. The lowest BCUT2D eigenvalue weighted by Gasteiger charge is -2.21. The summed E-state index contributed by atoms with van der Waals surface area (Å²) in [4.78, 5) is 10.5. The van der Waals surface area contributed by atoms with Crippen molar-refractivity contribution in [2.24, 2.45) is 0 Å². The van der Waals surface area contributed by atoms with E-state index >= 15 is 0 Å². The van der Waals surface area contributed by atoms with Gasteiger partial charge in [-0.05, 0) is 115 Å². The molecule has 9 rings (SSSR count). The zero-order valence-corrected chi connectivity index (χ0v) is 37.4. The predicted octanol–water partition coefficient (Wildman–Crippen LogP) is 15.5. The van der Waals surface area contributed by atoms with Gasteiger partial charge in [0.25, 0.3) is 0 Å². The number of aromatic nitrogens is 3. The van der Waals surface area contributed by atoms with E-state index in [1.54, 1.807) is 0 Å². The van der Waals surface area contributed by atoms with Crippen LogP contribution in [0.3, 0.4) is 0 Å². The Morgan fingerprint density at radius 1 is 0.419 bits per heavy atom. The zero-order valence-electron chi connectivity index (χ0n) is 37.4. The fraction of sp³-hybridized carbons (Fsp3) is 0.207. The monoisotopic (exact) mass is 809 g/mol. The molecule has 0 saturated carbocycles. The van der Waals surface area contributed by atoms with Gasteiger partial charge in [-0.1, -0.05) is 172 Å². The molecule has 0 unspecified atom stereocenters. The zero-order chi connectivity index (χ0) is 43.6. The van der Waals surface area contributed by atoms with E-state index in [-0.39, 0.29) is 22.0 Å². The van der Waals surface area contributed by atoms with E-state index in [0.29, 0.717) is 11.4 Å². The van der Waals surface area contributed by atoms with Gasteiger partial charge in [-0.15, -0.1) is 0 Å². The standard InChI is InChI=1S/C58H55N3O/c1-56(2,3)42-23-21-37(22-24-42)41-34-49(40-18-13-17-39(33-40)47-19-14-20-48-46(31-32-59-53(47)48)38-15-11-10-12-16-38)54-51(35-41)61(45-28-25-43(26-29-45)57(4,5)6)55(60-54)50-36-44(58(7,8)9)27-30-52(50)62/h10-36,62H,1-9H3. The smallest absolute Gasteiger partial charge is 0.149 e. The molecule has 0 aliphatic heterocycles. The summed E-state index contributed by atoms with van der Waals surface area (Å²) in [7, 11) is 0. The van der Waals surface area contributed by atoms with Crippen molar-refractivity contribution < 1.29 is 5.11 Å². The van der Waals surface area contributed by atoms with Gasteiger partial charge in [0.1, 0.15) is 11.6 Å². The Morgan fingerprint density at radius 3 is 1.68 bits per heavy atom. The number of para-hydroxylation sites is 1. The van der Waals surface area contributed by atoms with Crippen LogP contribution in [0.15, 0.2) is 164 Å². The van der Waals surface area contributed by atoms with Crippen LogP contribution >= 0.6 is 0 Å². The molecule has 7 aromatic carbocycles. The summed E-state index contributed by atoms with van der Waals surface area (Å²) >= 11 is 0. The van der Waals surface area contributed by atoms with Gasteiger partial charge in [0.15, 0.2) is 0 Å². The lowest BCUT2D eigenvalue weighted by molar-refractivity contribution is 0.475. The van der Waals surface area contributed by atoms with Crippen LogP contribution < -0.4 is 0 Å². The molecule has 0 radical (unpaired) electrons. The summed E-state index contributed by atoms with van der Waals surface area (Å²) in [5, 5.41) is 12.8. The first-order chi connectivity index (χ1) is 29.5. The van der Waals surface area contributed by atoms with Gasteiger partial charge in [0.05, 0.1) is 22.1 Å². The number of benzene rings is 7. The Kier molecular flexibility index (Phi) is 10.0. The molecule has 0 fully saturated rings. The molecular formula is C58H55N3O. The number of pyridine rings is 1. The van der Waals surface area contributed by atoms with Crippen molar-refractivity contribution in [3.63, 3.8) is 0 Å². The maximum absolute atomic E-state index is 11.7. The average molecular weight is 810 g/mol. The number of phenols is 1. The first kappa shape index (κ1) is 40.6. The van der Waals surface area contributed by atoms with Gasteiger partial charge < -0.3 is 5.11 Å². The number of phenolic OH excluding ortho intramolecular Hbond substituents is 1. The van der Waals surface area contributed by atoms with Gasteiger partial charge in [0.2, 0.25) is 0 Å². The molecule has 9 aromatic rings. The van der Waals surface area contributed by atoms with E-state index in [1.807, 2.05) is 18.3 Å². The van der Waals surface area contributed by atoms with Gasteiger partial charge >= 0.3 is 0 Å². The molecule has 0 atom stereocenters. The third-order valence-corrected chi connectivity index (χ3v) is 12.3. The minimum Gasteiger partial charge on any atom is -0.507 e. The number of nitrogens with zero attached hydrogens (tertiary/aromatic N) is 3. The van der Waals surface area contributed by atoms with Crippen molar-refractivity contribution in [3.05, 3.63) is 181 Å². The number of imidazole rings is 1. The molecule has 0 spiro atoms. The topological polar surface area (TPSA) is 50.9 Å². The van der Waals surface area contributed by atoms with E-state index in [0.717, 1.165) is 72.1 Å². The van der Waals surface area contributed by atoms with Crippen molar-refractivity contribution in [1.82, 2.24) is 14.5 Å². The number of rotatable bonds is 6. The third-order valence-electron chi connectivity index (χ3n) is 12.3. The second-order valence-electron chi connectivity index (χ2n) is 19.8. The van der Waals surface area contributed by atoms with Crippen LogP contribution in [0.1, 0.15) is 79.0 Å². The van der Waals surface area contributed by atoms with Crippen molar-refractivity contribution >= 4 is 21.9 Å². The molecule has 2 aromatic heterocycles. The molecule has 4 nitrogen and oxygen atoms in total. The third kappa shape index (κ3) is 7.60. The first-order valence-corrected chi connectivity index (χ1v) is 21.7. The minimum atomic E-state index is -0.135. The predicted molar refractivity (Wildman–Crippen MR) is 261 cm³/mol. The van der Waals surface area contributed by atoms with Crippen molar-refractivity contribution in [1.29, 1.82) is 0 Å². The van der Waals surface area contributed by atoms with E-state index in [2.05, 4.69) is 212 Å². The minimum absolute atomic E-state index is 0.00897. The Balaban J connectivity index is 1.32. The molecule has 0 bridgehead atoms. The van der Waals surface area contributed by atoms with Crippen LogP contribution in [0.4, 0.5) is 0 Å². The fourth-order valence-corrected chi connectivity index (χ4v) is 8.59. The molecule has 1 N–H and O–H groups in total. The lowest BCUT2D eigenvalue weighted by Crippen LogP contribution is -2.11. The number of fused-ring (bicyclic) bond motifs is 2. The second kappa shape index (κ2) is 15.3. The van der Waals surface area contributed by atoms with E-state index < -0.39 is 0 Å². The highest BCUT2D eigenvalue weighted by atomic mass is 16.3. The molecule has 0 saturated heterocycles. The number of hydrogen-bond donors (Lipinski definition) is 1. The van der Waals surface area contributed by atoms with E-state index in [9.17, 15) is 5.11 Å². The fourth-order valence-electron chi connectivity index (χ4n) is 8.59. The van der Waals surface area contributed by atoms with Crippen LogP contribution in [-0.2, 0) is 16.2 Å². The Bertz CT molecular complexity index is 3100. The second-order valence-corrected chi connectivity index (χ2v) is 19.8. The average Bonchev–Trinajstić information content (AvgIpc) is 3.64. The van der Waals surface area contributed by atoms with E-state index in [1.165, 1.54) is 16.7 Å². The maximum Gasteiger partial charge on any atom is 0.149 e. The summed E-state index contributed by atoms with van der Waals surface area (Å²) in [5.74, 6) is 0.886. The molecular weight excluding hydrogens is 755 g/mol. The lowest BCUT2D eigenvalue weighted by atomic mass is 9.86. The van der Waals surface area contributed by atoms with Crippen molar-refractivity contribution in [2.75, 3.05) is 0 Å². The van der Waals surface area contributed by atoms with Crippen LogP contribution in [0, 0.1) is 0 Å². The van der Waals surface area contributed by atoms with Crippen molar-refractivity contribution in [2.45, 2.75) is 78.6 Å². The summed E-state index contributed by atoms with van der Waals surface area (Å²) in [5.41, 5.74) is 16.7. The van der Waals surface area contributed by atoms with Crippen LogP contribution in [0.2, 0.25) is 0 Å². The summed E-state index contributed by atoms with van der Waals surface area (Å²) in [6.45, 7) is 20.1. The van der Waals surface area contributed by atoms with Crippen LogP contribution in [0.25, 0.3) is 83.5 Å². The van der Waals surface area contributed by atoms with Crippen LogP contribution in [-0.4, -0.2) is 19.6 Å². The molecule has 4 heteroatoms. The Morgan fingerprint density at radius 2 is 1.02 bits per heavy atom. The molecule has 0 amide bonds. The van der Waals surface area contributed by atoms with Crippen LogP contribution in [0.5, 0.6) is 5.75 Å². The summed E-state index contributed by atoms with van der Waals surface area (Å²) in [6.07, 6.45) is 1.92. The molecule has 0 aliphatic carbocycles. The molecule has 62 heavy (non-hydrogen) atoms. The quantitative estimate of drug-likeness (QED) is 0.182. The van der Waals surface area contributed by atoms with Gasteiger partial charge in [-0.3, -0.25) is 9.55 Å². The van der Waals surface area contributed by atoms with Gasteiger partial charge in [-0.2, -0.15) is 0 Å². The highest BCUT2D eigenvalue weighted by Crippen LogP contribution is 2.43. The number of hydrogen-bond acceptors (Lipinski definition) is 3. The van der Waals surface area contributed by atoms with Crippen molar-refractivity contribution in [3.8, 4) is 67.3 Å². The Labute approximate surface area is 366 Å². The molecule has 0 aliphatic rings. The largest absolute Gasteiger partial charge is 0.507 e. The maximum atomic E-state index is 11.7. The highest BCUT2D eigenvalue weighted by Gasteiger charge is 2.25. The first-order valence-electron chi connectivity index (χ1n) is 21.7. The van der Waals surface area contributed by atoms with E-state index in [4.69, 9.17) is 9.97 Å². The highest BCUT2D eigenvalue weighted by molar-refractivity contribution is 6.04. The number of aromatic hydroxyl groups is 1. The summed E-state index contributed by atoms with van der Waals surface area (Å²) < 4.78 is 2.24. The SMILES string of the molecule is CC(C)(C)c1ccc(-c2cc(-c3cccc(-c4cccc5c(-c6ccccc6)ccnc45)c3)c3nc(-c4cc(C(C)(C)C)ccc4O)n(-c4ccc(C(C)(C)C)cc4)c3c2)cc1. The molecule has 308 valence electrons.